The van der Waals surface area contributed by atoms with Gasteiger partial charge in [0.1, 0.15) is 18.1 Å². The summed E-state index contributed by atoms with van der Waals surface area (Å²) in [6, 6.07) is 13.3. The van der Waals surface area contributed by atoms with E-state index in [0.717, 1.165) is 17.7 Å². The van der Waals surface area contributed by atoms with E-state index in [1.807, 2.05) is 0 Å². The maximum Gasteiger partial charge on any atom is 0.416 e. The first-order chi connectivity index (χ1) is 13.3. The Kier molecular flexibility index (Phi) is 5.53. The number of ether oxygens (including phenoxy) is 1. The Morgan fingerprint density at radius 2 is 1.79 bits per heavy atom. The summed E-state index contributed by atoms with van der Waals surface area (Å²) >= 11 is 0. The van der Waals surface area contributed by atoms with Gasteiger partial charge in [-0.15, -0.1) is 0 Å². The molecule has 28 heavy (non-hydrogen) atoms. The summed E-state index contributed by atoms with van der Waals surface area (Å²) in [6.07, 6.45) is -5.52. The lowest BCUT2D eigenvalue weighted by Gasteiger charge is -2.09. The molecule has 2 N–H and O–H groups in total. The van der Waals surface area contributed by atoms with E-state index in [1.165, 1.54) is 12.1 Å². The highest BCUT2D eigenvalue weighted by Gasteiger charge is 2.29. The van der Waals surface area contributed by atoms with Crippen molar-refractivity contribution in [1.82, 2.24) is 10.5 Å². The fourth-order valence-corrected chi connectivity index (χ4v) is 2.37. The Hall–Kier alpha value is -3.49. The van der Waals surface area contributed by atoms with Crippen molar-refractivity contribution in [3.05, 3.63) is 71.5 Å². The van der Waals surface area contributed by atoms with Crippen molar-refractivity contribution in [3.8, 4) is 17.0 Å². The number of carbonyl (C=O) groups is 1. The van der Waals surface area contributed by atoms with Crippen molar-refractivity contribution >= 4 is 6.09 Å². The molecule has 0 aliphatic heterocycles. The van der Waals surface area contributed by atoms with Crippen molar-refractivity contribution in [3.63, 3.8) is 0 Å². The molecule has 0 atom stereocenters. The van der Waals surface area contributed by atoms with E-state index in [1.54, 1.807) is 30.3 Å². The largest absolute Gasteiger partial charge is 0.489 e. The number of nitrogens with zero attached hydrogens (tertiary/aromatic N) is 1. The molecule has 0 fully saturated rings. The van der Waals surface area contributed by atoms with E-state index < -0.39 is 17.8 Å². The number of carboxylic acid groups (broad SMARTS) is 1. The number of amides is 1. The van der Waals surface area contributed by atoms with Gasteiger partial charge < -0.3 is 19.7 Å². The van der Waals surface area contributed by atoms with E-state index in [0.29, 0.717) is 22.8 Å². The Morgan fingerprint density at radius 3 is 2.39 bits per heavy atom. The van der Waals surface area contributed by atoms with E-state index in [-0.39, 0.29) is 13.2 Å². The first-order valence-corrected chi connectivity index (χ1v) is 8.13. The predicted molar refractivity (Wildman–Crippen MR) is 92.6 cm³/mol. The zero-order valence-corrected chi connectivity index (χ0v) is 14.4. The molecule has 6 nitrogen and oxygen atoms in total. The average Bonchev–Trinajstić information content (AvgIpc) is 3.14. The number of hydrogen-bond donors (Lipinski definition) is 2. The molecule has 0 aliphatic rings. The highest BCUT2D eigenvalue weighted by atomic mass is 19.4. The van der Waals surface area contributed by atoms with Crippen LogP contribution in [0.4, 0.5) is 18.0 Å². The van der Waals surface area contributed by atoms with Gasteiger partial charge in [-0.2, -0.15) is 13.2 Å². The topological polar surface area (TPSA) is 84.6 Å². The van der Waals surface area contributed by atoms with Gasteiger partial charge in [0.15, 0.2) is 5.76 Å². The summed E-state index contributed by atoms with van der Waals surface area (Å²) in [5, 5.41) is 14.6. The second kappa shape index (κ2) is 8.03. The zero-order chi connectivity index (χ0) is 20.1. The molecule has 0 saturated carbocycles. The van der Waals surface area contributed by atoms with Crippen LogP contribution < -0.4 is 10.1 Å². The third-order valence-corrected chi connectivity index (χ3v) is 3.81. The maximum atomic E-state index is 12.6. The molecule has 1 heterocycles. The molecule has 0 spiro atoms. The lowest BCUT2D eigenvalue weighted by atomic mass is 10.1. The lowest BCUT2D eigenvalue weighted by Crippen LogP contribution is -2.19. The number of nitrogens with one attached hydrogen (secondary N) is 1. The van der Waals surface area contributed by atoms with Crippen molar-refractivity contribution < 1.29 is 32.3 Å². The molecule has 0 aliphatic carbocycles. The van der Waals surface area contributed by atoms with E-state index in [9.17, 15) is 18.0 Å². The fourth-order valence-electron chi connectivity index (χ4n) is 2.37. The molecule has 0 unspecified atom stereocenters. The smallest absolute Gasteiger partial charge is 0.416 e. The van der Waals surface area contributed by atoms with Crippen LogP contribution in [0.3, 0.4) is 0 Å². The molecule has 3 aromatic rings. The quantitative estimate of drug-likeness (QED) is 0.635. The molecule has 146 valence electrons. The van der Waals surface area contributed by atoms with Crippen molar-refractivity contribution in [1.29, 1.82) is 0 Å². The summed E-state index contributed by atoms with van der Waals surface area (Å²) in [4.78, 5) is 10.5. The van der Waals surface area contributed by atoms with Crippen LogP contribution in [0, 0.1) is 0 Å². The second-order valence-electron chi connectivity index (χ2n) is 5.84. The predicted octanol–water partition coefficient (Wildman–Crippen LogP) is 4.71. The third kappa shape index (κ3) is 5.03. The molecule has 2 aromatic carbocycles. The van der Waals surface area contributed by atoms with Crippen molar-refractivity contribution in [2.24, 2.45) is 0 Å². The van der Waals surface area contributed by atoms with Crippen LogP contribution in [-0.2, 0) is 19.3 Å². The Balaban J connectivity index is 1.58. The Labute approximate surface area is 157 Å². The molecule has 1 amide bonds. The summed E-state index contributed by atoms with van der Waals surface area (Å²) in [5.41, 5.74) is 1.19. The minimum Gasteiger partial charge on any atom is -0.489 e. The monoisotopic (exact) mass is 392 g/mol. The SMILES string of the molecule is O=C(O)NCc1cc(-c2ccc(OCc3ccc(C(F)(F)F)cc3)cc2)no1. The Bertz CT molecular complexity index is 935. The summed E-state index contributed by atoms with van der Waals surface area (Å²) in [5.74, 6) is 0.917. The highest BCUT2D eigenvalue weighted by Crippen LogP contribution is 2.29. The van der Waals surface area contributed by atoms with E-state index in [4.69, 9.17) is 14.4 Å². The van der Waals surface area contributed by atoms with Crippen LogP contribution in [0.5, 0.6) is 5.75 Å². The number of aromatic nitrogens is 1. The van der Waals surface area contributed by atoms with Crippen LogP contribution in [0.1, 0.15) is 16.9 Å². The summed E-state index contributed by atoms with van der Waals surface area (Å²) < 4.78 is 48.3. The molecule has 0 bridgehead atoms. The van der Waals surface area contributed by atoms with Gasteiger partial charge in [-0.05, 0) is 42.0 Å². The number of alkyl halides is 3. The second-order valence-corrected chi connectivity index (χ2v) is 5.84. The van der Waals surface area contributed by atoms with Crippen LogP contribution in [0.25, 0.3) is 11.3 Å². The van der Waals surface area contributed by atoms with Crippen LogP contribution >= 0.6 is 0 Å². The Morgan fingerprint density at radius 1 is 1.11 bits per heavy atom. The van der Waals surface area contributed by atoms with Gasteiger partial charge >= 0.3 is 12.3 Å². The van der Waals surface area contributed by atoms with Gasteiger partial charge in [0, 0.05) is 11.6 Å². The van der Waals surface area contributed by atoms with E-state index >= 15 is 0 Å². The van der Waals surface area contributed by atoms with Crippen molar-refractivity contribution in [2.45, 2.75) is 19.3 Å². The van der Waals surface area contributed by atoms with Gasteiger partial charge in [0.05, 0.1) is 12.1 Å². The number of rotatable bonds is 6. The summed E-state index contributed by atoms with van der Waals surface area (Å²) in [6.45, 7) is 0.142. The molecule has 1 aromatic heterocycles. The van der Waals surface area contributed by atoms with Crippen LogP contribution in [-0.4, -0.2) is 16.4 Å². The first kappa shape index (κ1) is 19.3. The summed E-state index contributed by atoms with van der Waals surface area (Å²) in [7, 11) is 0. The molecule has 0 radical (unpaired) electrons. The number of benzene rings is 2. The van der Waals surface area contributed by atoms with Gasteiger partial charge in [-0.1, -0.05) is 17.3 Å². The van der Waals surface area contributed by atoms with Crippen molar-refractivity contribution in [2.75, 3.05) is 0 Å². The normalized spacial score (nSPS) is 11.2. The first-order valence-electron chi connectivity index (χ1n) is 8.13. The van der Waals surface area contributed by atoms with Crippen LogP contribution in [0.2, 0.25) is 0 Å². The third-order valence-electron chi connectivity index (χ3n) is 3.81. The lowest BCUT2D eigenvalue weighted by molar-refractivity contribution is -0.137. The van der Waals surface area contributed by atoms with E-state index in [2.05, 4.69) is 10.5 Å². The molecule has 9 heteroatoms. The molecular weight excluding hydrogens is 377 g/mol. The highest BCUT2D eigenvalue weighted by molar-refractivity contribution is 5.64. The number of hydrogen-bond acceptors (Lipinski definition) is 4. The minimum atomic E-state index is -4.36. The minimum absolute atomic E-state index is 0.0106. The fraction of sp³-hybridized carbons (Fsp3) is 0.158. The van der Waals surface area contributed by atoms with Gasteiger partial charge in [0.25, 0.3) is 0 Å². The average molecular weight is 392 g/mol. The maximum absolute atomic E-state index is 12.6. The van der Waals surface area contributed by atoms with Gasteiger partial charge in [0.2, 0.25) is 0 Å². The standard InChI is InChI=1S/C19H15F3N2O4/c20-19(21,22)14-5-1-12(2-6-14)11-27-15-7-3-13(4-8-15)17-9-16(28-24-17)10-23-18(25)26/h1-9,23H,10-11H2,(H,25,26). The molecule has 3 rings (SSSR count). The van der Waals surface area contributed by atoms with Crippen LogP contribution in [0.15, 0.2) is 59.1 Å². The number of halogens is 3. The molecule has 0 saturated heterocycles. The van der Waals surface area contributed by atoms with Gasteiger partial charge in [-0.25, -0.2) is 4.79 Å². The van der Waals surface area contributed by atoms with Gasteiger partial charge in [-0.3, -0.25) is 0 Å². The molecular formula is C19H15F3N2O4. The zero-order valence-electron chi connectivity index (χ0n) is 14.4.